The highest BCUT2D eigenvalue weighted by atomic mass is 16.4. The standard InChI is InChI=1S/C14H24N2O3/c1-9-3-4-11(7-9)8-15-14(19)16-6-5-10(2)12(16)13(17)18/h9-12H,3-8H2,1-2H3,(H,15,19)(H,17,18). The Bertz CT molecular complexity index is 359. The van der Waals surface area contributed by atoms with Crippen molar-refractivity contribution >= 4 is 12.0 Å². The number of amides is 2. The first kappa shape index (κ1) is 14.2. The molecule has 4 unspecified atom stereocenters. The summed E-state index contributed by atoms with van der Waals surface area (Å²) < 4.78 is 0. The number of hydrogen-bond donors (Lipinski definition) is 2. The summed E-state index contributed by atoms with van der Waals surface area (Å²) in [6.07, 6.45) is 4.34. The van der Waals surface area contributed by atoms with E-state index in [4.69, 9.17) is 0 Å². The van der Waals surface area contributed by atoms with Crippen molar-refractivity contribution in [3.05, 3.63) is 0 Å². The molecule has 108 valence electrons. The fraction of sp³-hybridized carbons (Fsp3) is 0.857. The van der Waals surface area contributed by atoms with E-state index in [2.05, 4.69) is 12.2 Å². The van der Waals surface area contributed by atoms with Crippen LogP contribution in [0.2, 0.25) is 0 Å². The number of likely N-dealkylation sites (tertiary alicyclic amines) is 1. The summed E-state index contributed by atoms with van der Waals surface area (Å²) >= 11 is 0. The van der Waals surface area contributed by atoms with Gasteiger partial charge in [0.05, 0.1) is 0 Å². The van der Waals surface area contributed by atoms with Gasteiger partial charge < -0.3 is 15.3 Å². The number of aliphatic carboxylic acids is 1. The summed E-state index contributed by atoms with van der Waals surface area (Å²) in [4.78, 5) is 24.8. The van der Waals surface area contributed by atoms with Crippen molar-refractivity contribution in [3.8, 4) is 0 Å². The zero-order valence-corrected chi connectivity index (χ0v) is 11.8. The van der Waals surface area contributed by atoms with Gasteiger partial charge in [-0.1, -0.05) is 20.3 Å². The lowest BCUT2D eigenvalue weighted by atomic mass is 10.0. The normalized spacial score (nSPS) is 34.5. The van der Waals surface area contributed by atoms with E-state index < -0.39 is 12.0 Å². The number of carbonyl (C=O) groups is 2. The van der Waals surface area contributed by atoms with E-state index in [9.17, 15) is 14.7 Å². The molecule has 19 heavy (non-hydrogen) atoms. The minimum Gasteiger partial charge on any atom is -0.480 e. The molecular formula is C14H24N2O3. The maximum absolute atomic E-state index is 12.1. The molecule has 0 aromatic carbocycles. The van der Waals surface area contributed by atoms with Crippen LogP contribution in [0.15, 0.2) is 0 Å². The SMILES string of the molecule is CC1CCC(CNC(=O)N2CCC(C)C2C(=O)O)C1. The lowest BCUT2D eigenvalue weighted by molar-refractivity contribution is -0.142. The zero-order chi connectivity index (χ0) is 14.0. The third-order valence-electron chi connectivity index (χ3n) is 4.56. The van der Waals surface area contributed by atoms with Gasteiger partial charge >= 0.3 is 12.0 Å². The quantitative estimate of drug-likeness (QED) is 0.821. The van der Waals surface area contributed by atoms with Crippen LogP contribution < -0.4 is 5.32 Å². The van der Waals surface area contributed by atoms with E-state index in [-0.39, 0.29) is 11.9 Å². The Morgan fingerprint density at radius 1 is 1.26 bits per heavy atom. The molecule has 0 bridgehead atoms. The molecule has 1 aliphatic carbocycles. The predicted molar refractivity (Wildman–Crippen MR) is 71.8 cm³/mol. The van der Waals surface area contributed by atoms with Gasteiger partial charge in [0, 0.05) is 13.1 Å². The Labute approximate surface area is 114 Å². The molecule has 0 radical (unpaired) electrons. The van der Waals surface area contributed by atoms with Crippen molar-refractivity contribution < 1.29 is 14.7 Å². The highest BCUT2D eigenvalue weighted by Gasteiger charge is 2.39. The van der Waals surface area contributed by atoms with Crippen LogP contribution in [0.25, 0.3) is 0 Å². The van der Waals surface area contributed by atoms with E-state index in [1.165, 1.54) is 24.2 Å². The third-order valence-corrected chi connectivity index (χ3v) is 4.56. The topological polar surface area (TPSA) is 69.6 Å². The van der Waals surface area contributed by atoms with Crippen LogP contribution in [0.3, 0.4) is 0 Å². The number of carboxylic acid groups (broad SMARTS) is 1. The Hall–Kier alpha value is -1.26. The Morgan fingerprint density at radius 3 is 2.58 bits per heavy atom. The molecule has 5 nitrogen and oxygen atoms in total. The number of nitrogens with one attached hydrogen (secondary N) is 1. The van der Waals surface area contributed by atoms with E-state index in [1.807, 2.05) is 6.92 Å². The molecule has 1 saturated carbocycles. The minimum absolute atomic E-state index is 0.0368. The van der Waals surface area contributed by atoms with Crippen LogP contribution in [0, 0.1) is 17.8 Å². The first-order chi connectivity index (χ1) is 8.99. The molecule has 2 fully saturated rings. The van der Waals surface area contributed by atoms with Crippen LogP contribution in [0.4, 0.5) is 4.79 Å². The number of carbonyl (C=O) groups excluding carboxylic acids is 1. The van der Waals surface area contributed by atoms with Crippen molar-refractivity contribution in [2.75, 3.05) is 13.1 Å². The van der Waals surface area contributed by atoms with Crippen molar-refractivity contribution in [2.24, 2.45) is 17.8 Å². The molecule has 2 rings (SSSR count). The lowest BCUT2D eigenvalue weighted by Gasteiger charge is -2.24. The first-order valence-corrected chi connectivity index (χ1v) is 7.26. The van der Waals surface area contributed by atoms with Crippen LogP contribution in [-0.4, -0.2) is 41.1 Å². The molecule has 2 N–H and O–H groups in total. The van der Waals surface area contributed by atoms with Gasteiger partial charge in [0.15, 0.2) is 0 Å². The fourth-order valence-corrected chi connectivity index (χ4v) is 3.39. The maximum Gasteiger partial charge on any atom is 0.326 e. The van der Waals surface area contributed by atoms with Crippen molar-refractivity contribution in [2.45, 2.75) is 45.6 Å². The summed E-state index contributed by atoms with van der Waals surface area (Å²) in [6.45, 7) is 5.36. The van der Waals surface area contributed by atoms with Gasteiger partial charge in [-0.05, 0) is 37.0 Å². The molecule has 2 aliphatic rings. The van der Waals surface area contributed by atoms with Gasteiger partial charge in [-0.25, -0.2) is 9.59 Å². The van der Waals surface area contributed by atoms with Crippen molar-refractivity contribution in [3.63, 3.8) is 0 Å². The number of hydrogen-bond acceptors (Lipinski definition) is 2. The Kier molecular flexibility index (Phi) is 4.32. The smallest absolute Gasteiger partial charge is 0.326 e. The Balaban J connectivity index is 1.84. The molecule has 4 atom stereocenters. The average Bonchev–Trinajstić information content (AvgIpc) is 2.92. The lowest BCUT2D eigenvalue weighted by Crippen LogP contribution is -2.48. The minimum atomic E-state index is -0.894. The molecule has 0 spiro atoms. The number of carboxylic acids is 1. The molecule has 0 aromatic heterocycles. The fourth-order valence-electron chi connectivity index (χ4n) is 3.39. The van der Waals surface area contributed by atoms with E-state index in [0.717, 1.165) is 12.3 Å². The van der Waals surface area contributed by atoms with Crippen LogP contribution in [0.5, 0.6) is 0 Å². The third kappa shape index (κ3) is 3.19. The summed E-state index contributed by atoms with van der Waals surface area (Å²) in [5.41, 5.74) is 0. The molecule has 1 saturated heterocycles. The van der Waals surface area contributed by atoms with Gasteiger partial charge in [-0.3, -0.25) is 0 Å². The Morgan fingerprint density at radius 2 is 2.00 bits per heavy atom. The van der Waals surface area contributed by atoms with E-state index in [1.54, 1.807) is 0 Å². The van der Waals surface area contributed by atoms with E-state index in [0.29, 0.717) is 19.0 Å². The van der Waals surface area contributed by atoms with Gasteiger partial charge in [-0.2, -0.15) is 0 Å². The second-order valence-electron chi connectivity index (χ2n) is 6.21. The van der Waals surface area contributed by atoms with E-state index >= 15 is 0 Å². The van der Waals surface area contributed by atoms with Crippen molar-refractivity contribution in [1.29, 1.82) is 0 Å². The van der Waals surface area contributed by atoms with Crippen LogP contribution in [0.1, 0.15) is 39.5 Å². The molecular weight excluding hydrogens is 244 g/mol. The molecule has 5 heteroatoms. The van der Waals surface area contributed by atoms with Gasteiger partial charge in [0.25, 0.3) is 0 Å². The summed E-state index contributed by atoms with van der Waals surface area (Å²) in [5.74, 6) is 0.451. The second-order valence-corrected chi connectivity index (χ2v) is 6.21. The monoisotopic (exact) mass is 268 g/mol. The second kappa shape index (κ2) is 5.80. The number of urea groups is 1. The van der Waals surface area contributed by atoms with Gasteiger partial charge in [0.1, 0.15) is 6.04 Å². The highest BCUT2D eigenvalue weighted by Crippen LogP contribution is 2.30. The molecule has 2 amide bonds. The first-order valence-electron chi connectivity index (χ1n) is 7.26. The highest BCUT2D eigenvalue weighted by molar-refractivity contribution is 5.83. The van der Waals surface area contributed by atoms with Gasteiger partial charge in [-0.15, -0.1) is 0 Å². The predicted octanol–water partition coefficient (Wildman–Crippen LogP) is 1.93. The van der Waals surface area contributed by atoms with Crippen LogP contribution >= 0.6 is 0 Å². The zero-order valence-electron chi connectivity index (χ0n) is 11.8. The average molecular weight is 268 g/mol. The molecule has 1 aliphatic heterocycles. The molecule has 0 aromatic rings. The van der Waals surface area contributed by atoms with Crippen LogP contribution in [-0.2, 0) is 4.79 Å². The van der Waals surface area contributed by atoms with Gasteiger partial charge in [0.2, 0.25) is 0 Å². The maximum atomic E-state index is 12.1. The number of rotatable bonds is 3. The summed E-state index contributed by atoms with van der Waals surface area (Å²) in [7, 11) is 0. The number of nitrogens with zero attached hydrogens (tertiary/aromatic N) is 1. The summed E-state index contributed by atoms with van der Waals surface area (Å²) in [6, 6.07) is -0.876. The van der Waals surface area contributed by atoms with Crippen molar-refractivity contribution in [1.82, 2.24) is 10.2 Å². The molecule has 1 heterocycles. The summed E-state index contributed by atoms with van der Waals surface area (Å²) in [5, 5.41) is 12.1. The largest absolute Gasteiger partial charge is 0.480 e.